The summed E-state index contributed by atoms with van der Waals surface area (Å²) in [5.74, 6) is 0.943. The van der Waals surface area contributed by atoms with E-state index >= 15 is 0 Å². The molecule has 0 aromatic carbocycles. The van der Waals surface area contributed by atoms with Gasteiger partial charge in [-0.1, -0.05) is 6.07 Å². The summed E-state index contributed by atoms with van der Waals surface area (Å²) in [6.45, 7) is 4.68. The van der Waals surface area contributed by atoms with Gasteiger partial charge in [0, 0.05) is 45.1 Å². The lowest BCUT2D eigenvalue weighted by Crippen LogP contribution is -2.47. The van der Waals surface area contributed by atoms with E-state index in [9.17, 15) is 0 Å². The van der Waals surface area contributed by atoms with Crippen LogP contribution in [0.3, 0.4) is 0 Å². The van der Waals surface area contributed by atoms with E-state index in [1.165, 1.54) is 4.88 Å². The number of aliphatic hydroxyl groups is 1. The molecule has 0 unspecified atom stereocenters. The van der Waals surface area contributed by atoms with Crippen molar-refractivity contribution in [2.45, 2.75) is 0 Å². The normalized spacial score (nSPS) is 16.3. The van der Waals surface area contributed by atoms with E-state index in [4.69, 9.17) is 10.1 Å². The summed E-state index contributed by atoms with van der Waals surface area (Å²) >= 11 is 1.71. The Hall–Kier alpha value is -1.96. The molecule has 3 aromatic rings. The Bertz CT molecular complexity index is 777. The van der Waals surface area contributed by atoms with E-state index in [2.05, 4.69) is 36.7 Å². The van der Waals surface area contributed by atoms with Crippen LogP contribution in [0.15, 0.2) is 36.1 Å². The summed E-state index contributed by atoms with van der Waals surface area (Å²) in [5.41, 5.74) is 1.99. The third kappa shape index (κ3) is 2.71. The number of imidazole rings is 1. The molecule has 23 heavy (non-hydrogen) atoms. The van der Waals surface area contributed by atoms with E-state index in [0.717, 1.165) is 49.9 Å². The van der Waals surface area contributed by atoms with Gasteiger partial charge < -0.3 is 10.0 Å². The molecule has 1 fully saturated rings. The molecule has 0 saturated carbocycles. The molecule has 0 spiro atoms. The quantitative estimate of drug-likeness (QED) is 0.787. The van der Waals surface area contributed by atoms with E-state index in [-0.39, 0.29) is 6.61 Å². The monoisotopic (exact) mass is 329 g/mol. The van der Waals surface area contributed by atoms with Crippen LogP contribution in [0.25, 0.3) is 16.2 Å². The minimum absolute atomic E-state index is 0.221. The van der Waals surface area contributed by atoms with Crippen molar-refractivity contribution in [3.8, 4) is 10.6 Å². The number of thiophene rings is 1. The second-order valence-electron chi connectivity index (χ2n) is 5.62. The second-order valence-corrected chi connectivity index (χ2v) is 6.57. The second kappa shape index (κ2) is 6.27. The Labute approximate surface area is 138 Å². The van der Waals surface area contributed by atoms with Crippen LogP contribution in [0, 0.1) is 0 Å². The molecule has 6 nitrogen and oxygen atoms in total. The van der Waals surface area contributed by atoms with Gasteiger partial charge in [-0.3, -0.25) is 9.30 Å². The number of hydrogen-bond acceptors (Lipinski definition) is 6. The van der Waals surface area contributed by atoms with Crippen LogP contribution in [0.2, 0.25) is 0 Å². The molecular weight excluding hydrogens is 310 g/mol. The van der Waals surface area contributed by atoms with Crippen LogP contribution in [-0.4, -0.2) is 63.7 Å². The Morgan fingerprint density at radius 3 is 2.78 bits per heavy atom. The Morgan fingerprint density at radius 2 is 2.04 bits per heavy atom. The van der Waals surface area contributed by atoms with Gasteiger partial charge in [-0.15, -0.1) is 11.3 Å². The number of aromatic nitrogens is 3. The molecule has 0 atom stereocenters. The van der Waals surface area contributed by atoms with Crippen molar-refractivity contribution in [1.82, 2.24) is 19.3 Å². The van der Waals surface area contributed by atoms with Crippen molar-refractivity contribution in [2.75, 3.05) is 44.2 Å². The van der Waals surface area contributed by atoms with Gasteiger partial charge in [0.25, 0.3) is 0 Å². The molecule has 4 heterocycles. The maximum Gasteiger partial charge on any atom is 0.180 e. The number of rotatable bonds is 4. The summed E-state index contributed by atoms with van der Waals surface area (Å²) in [7, 11) is 0. The van der Waals surface area contributed by atoms with Crippen LogP contribution in [0.4, 0.5) is 5.82 Å². The van der Waals surface area contributed by atoms with Crippen molar-refractivity contribution < 1.29 is 5.11 Å². The lowest BCUT2D eigenvalue weighted by Gasteiger charge is -2.35. The van der Waals surface area contributed by atoms with E-state index in [1.807, 2.05) is 18.6 Å². The standard InChI is InChI=1S/C16H19N5OS/c22-10-9-19-5-7-20(8-6-19)15-16-17-3-4-21(16)13(12-18-15)14-2-1-11-23-14/h1-4,11-12,22H,5-10H2. The Kier molecular flexibility index (Phi) is 3.99. The van der Waals surface area contributed by atoms with Crippen molar-refractivity contribution >= 4 is 22.8 Å². The molecular formula is C16H19N5OS. The molecule has 7 heteroatoms. The van der Waals surface area contributed by atoms with Gasteiger partial charge in [-0.2, -0.15) is 0 Å². The number of anilines is 1. The highest BCUT2D eigenvalue weighted by Crippen LogP contribution is 2.28. The number of aliphatic hydroxyl groups excluding tert-OH is 1. The van der Waals surface area contributed by atoms with Crippen LogP contribution >= 0.6 is 11.3 Å². The summed E-state index contributed by atoms with van der Waals surface area (Å²) in [5, 5.41) is 11.1. The lowest BCUT2D eigenvalue weighted by atomic mass is 10.3. The number of β-amino-alcohol motifs (C(OH)–C–C–N with tert-alkyl or cyclic N) is 1. The fourth-order valence-corrected chi connectivity index (χ4v) is 3.79. The lowest BCUT2D eigenvalue weighted by molar-refractivity contribution is 0.188. The maximum absolute atomic E-state index is 9.06. The fourth-order valence-electron chi connectivity index (χ4n) is 3.06. The van der Waals surface area contributed by atoms with Gasteiger partial charge >= 0.3 is 0 Å². The van der Waals surface area contributed by atoms with Crippen LogP contribution in [0.5, 0.6) is 0 Å². The van der Waals surface area contributed by atoms with E-state index < -0.39 is 0 Å². The molecule has 4 rings (SSSR count). The molecule has 0 bridgehead atoms. The molecule has 3 aromatic heterocycles. The van der Waals surface area contributed by atoms with Crippen molar-refractivity contribution in [3.63, 3.8) is 0 Å². The first kappa shape index (κ1) is 14.6. The zero-order valence-electron chi connectivity index (χ0n) is 12.8. The highest BCUT2D eigenvalue weighted by atomic mass is 32.1. The van der Waals surface area contributed by atoms with E-state index in [1.54, 1.807) is 11.3 Å². The molecule has 1 saturated heterocycles. The van der Waals surface area contributed by atoms with Gasteiger partial charge in [-0.05, 0) is 11.4 Å². The molecule has 1 aliphatic heterocycles. The van der Waals surface area contributed by atoms with Crippen molar-refractivity contribution in [3.05, 3.63) is 36.1 Å². The molecule has 120 valence electrons. The van der Waals surface area contributed by atoms with E-state index in [0.29, 0.717) is 0 Å². The predicted octanol–water partition coefficient (Wildman–Crippen LogP) is 1.57. The highest BCUT2D eigenvalue weighted by Gasteiger charge is 2.21. The van der Waals surface area contributed by atoms with Crippen LogP contribution < -0.4 is 4.90 Å². The van der Waals surface area contributed by atoms with Gasteiger partial charge in [0.1, 0.15) is 0 Å². The van der Waals surface area contributed by atoms with Gasteiger partial charge in [0.15, 0.2) is 11.5 Å². The molecule has 0 radical (unpaired) electrons. The summed E-state index contributed by atoms with van der Waals surface area (Å²) in [6.07, 6.45) is 5.77. The van der Waals surface area contributed by atoms with Crippen molar-refractivity contribution in [1.29, 1.82) is 0 Å². The number of piperazine rings is 1. The molecule has 1 aliphatic rings. The van der Waals surface area contributed by atoms with Gasteiger partial charge in [0.05, 0.1) is 23.4 Å². The molecule has 0 aliphatic carbocycles. The number of hydrogen-bond donors (Lipinski definition) is 1. The highest BCUT2D eigenvalue weighted by molar-refractivity contribution is 7.13. The first-order chi connectivity index (χ1) is 11.4. The smallest absolute Gasteiger partial charge is 0.180 e. The minimum atomic E-state index is 0.221. The van der Waals surface area contributed by atoms with Crippen LogP contribution in [-0.2, 0) is 0 Å². The van der Waals surface area contributed by atoms with Crippen molar-refractivity contribution in [2.24, 2.45) is 0 Å². The zero-order chi connectivity index (χ0) is 15.6. The third-order valence-corrected chi connectivity index (χ3v) is 5.16. The SMILES string of the molecule is OCCN1CCN(c2ncc(-c3cccs3)n3ccnc23)CC1. The summed E-state index contributed by atoms with van der Waals surface area (Å²) in [6, 6.07) is 4.16. The molecule has 0 amide bonds. The number of nitrogens with zero attached hydrogens (tertiary/aromatic N) is 5. The maximum atomic E-state index is 9.06. The Balaban J connectivity index is 1.65. The largest absolute Gasteiger partial charge is 0.395 e. The van der Waals surface area contributed by atoms with Crippen LogP contribution in [0.1, 0.15) is 0 Å². The van der Waals surface area contributed by atoms with Gasteiger partial charge in [-0.25, -0.2) is 9.97 Å². The number of fused-ring (bicyclic) bond motifs is 1. The predicted molar refractivity (Wildman–Crippen MR) is 92.0 cm³/mol. The van der Waals surface area contributed by atoms with Gasteiger partial charge in [0.2, 0.25) is 0 Å². The average Bonchev–Trinajstić information content (AvgIpc) is 3.27. The summed E-state index contributed by atoms with van der Waals surface area (Å²) < 4.78 is 2.12. The topological polar surface area (TPSA) is 56.9 Å². The Morgan fingerprint density at radius 1 is 1.17 bits per heavy atom. The third-order valence-electron chi connectivity index (χ3n) is 4.27. The zero-order valence-corrected chi connectivity index (χ0v) is 13.6. The molecule has 1 N–H and O–H groups in total. The first-order valence-electron chi connectivity index (χ1n) is 7.81. The summed E-state index contributed by atoms with van der Waals surface area (Å²) in [4.78, 5) is 15.0. The average molecular weight is 329 g/mol. The minimum Gasteiger partial charge on any atom is -0.395 e. The first-order valence-corrected chi connectivity index (χ1v) is 8.69. The fraction of sp³-hybridized carbons (Fsp3) is 0.375.